The summed E-state index contributed by atoms with van der Waals surface area (Å²) in [5.74, 6) is 0. The largest absolute Gasteiger partial charge is 0.330 e. The lowest BCUT2D eigenvalue weighted by atomic mass is 9.96. The van der Waals surface area contributed by atoms with Gasteiger partial charge in [-0.2, -0.15) is 0 Å². The van der Waals surface area contributed by atoms with E-state index in [9.17, 15) is 8.42 Å². The average Bonchev–Trinajstić information content (AvgIpc) is 3.27. The van der Waals surface area contributed by atoms with Crippen LogP contribution in [0.5, 0.6) is 0 Å². The zero-order valence-corrected chi connectivity index (χ0v) is 19.9. The Kier molecular flexibility index (Phi) is 5.17. The van der Waals surface area contributed by atoms with E-state index in [4.69, 9.17) is 5.73 Å². The van der Waals surface area contributed by atoms with Crippen LogP contribution < -0.4 is 5.73 Å². The van der Waals surface area contributed by atoms with Gasteiger partial charge >= 0.3 is 0 Å². The van der Waals surface area contributed by atoms with Crippen molar-refractivity contribution in [1.82, 2.24) is 3.97 Å². The SMILES string of the molecule is NCCc1cn(S(=O)(=O)c2cccc3ccccc23)c2ccc(-c3cccc4ccccc34)cc12. The van der Waals surface area contributed by atoms with E-state index in [0.717, 1.165) is 32.8 Å². The van der Waals surface area contributed by atoms with Gasteiger partial charge in [-0.15, -0.1) is 0 Å². The molecule has 172 valence electrons. The van der Waals surface area contributed by atoms with Crippen LogP contribution in [0, 0.1) is 0 Å². The van der Waals surface area contributed by atoms with Crippen molar-refractivity contribution in [1.29, 1.82) is 0 Å². The average molecular weight is 477 g/mol. The predicted octanol–water partition coefficient (Wildman–Crippen LogP) is 6.35. The topological polar surface area (TPSA) is 65.1 Å². The molecule has 4 nitrogen and oxygen atoms in total. The first-order valence-electron chi connectivity index (χ1n) is 11.6. The minimum Gasteiger partial charge on any atom is -0.330 e. The fourth-order valence-corrected chi connectivity index (χ4v) is 6.60. The predicted molar refractivity (Wildman–Crippen MR) is 144 cm³/mol. The summed E-state index contributed by atoms with van der Waals surface area (Å²) < 4.78 is 29.3. The molecule has 0 radical (unpaired) electrons. The van der Waals surface area contributed by atoms with Crippen molar-refractivity contribution in [2.24, 2.45) is 5.73 Å². The molecule has 0 fully saturated rings. The molecule has 5 heteroatoms. The summed E-state index contributed by atoms with van der Waals surface area (Å²) in [6.45, 7) is 0.436. The van der Waals surface area contributed by atoms with Gasteiger partial charge in [0.1, 0.15) is 0 Å². The molecule has 6 rings (SSSR count). The number of aromatic nitrogens is 1. The molecule has 1 heterocycles. The number of benzene rings is 5. The van der Waals surface area contributed by atoms with Crippen molar-refractivity contribution in [3.05, 3.63) is 115 Å². The fraction of sp³-hybridized carbons (Fsp3) is 0.0667. The molecule has 6 aromatic rings. The van der Waals surface area contributed by atoms with Crippen LogP contribution in [0.15, 0.2) is 114 Å². The van der Waals surface area contributed by atoms with Crippen LogP contribution >= 0.6 is 0 Å². The first-order valence-corrected chi connectivity index (χ1v) is 13.1. The summed E-state index contributed by atoms with van der Waals surface area (Å²) in [4.78, 5) is 0.296. The molecule has 0 bridgehead atoms. The van der Waals surface area contributed by atoms with Gasteiger partial charge in [0, 0.05) is 17.0 Å². The van der Waals surface area contributed by atoms with Gasteiger partial charge < -0.3 is 5.73 Å². The highest BCUT2D eigenvalue weighted by Crippen LogP contribution is 2.35. The minimum atomic E-state index is -3.83. The van der Waals surface area contributed by atoms with E-state index in [-0.39, 0.29) is 0 Å². The zero-order valence-electron chi connectivity index (χ0n) is 19.1. The summed E-state index contributed by atoms with van der Waals surface area (Å²) >= 11 is 0. The van der Waals surface area contributed by atoms with Crippen LogP contribution in [0.1, 0.15) is 5.56 Å². The smallest absolute Gasteiger partial charge is 0.268 e. The molecule has 0 atom stereocenters. The monoisotopic (exact) mass is 476 g/mol. The van der Waals surface area contributed by atoms with Crippen molar-refractivity contribution < 1.29 is 8.42 Å². The highest BCUT2D eigenvalue weighted by Gasteiger charge is 2.23. The second-order valence-corrected chi connectivity index (χ2v) is 10.5. The third kappa shape index (κ3) is 3.52. The summed E-state index contributed by atoms with van der Waals surface area (Å²) in [5.41, 5.74) is 9.67. The molecule has 0 saturated carbocycles. The van der Waals surface area contributed by atoms with Crippen LogP contribution in [0.25, 0.3) is 43.6 Å². The highest BCUT2D eigenvalue weighted by atomic mass is 32.2. The molecule has 0 unspecified atom stereocenters. The number of hydrogen-bond donors (Lipinski definition) is 1. The highest BCUT2D eigenvalue weighted by molar-refractivity contribution is 7.90. The lowest BCUT2D eigenvalue weighted by molar-refractivity contribution is 0.590. The van der Waals surface area contributed by atoms with E-state index >= 15 is 0 Å². The summed E-state index contributed by atoms with van der Waals surface area (Å²) in [6, 6.07) is 33.5. The second-order valence-electron chi connectivity index (χ2n) is 8.73. The van der Waals surface area contributed by atoms with E-state index in [1.165, 1.54) is 9.36 Å². The lowest BCUT2D eigenvalue weighted by Gasteiger charge is -2.11. The van der Waals surface area contributed by atoms with Gasteiger partial charge in [0.05, 0.1) is 10.4 Å². The van der Waals surface area contributed by atoms with E-state index in [2.05, 4.69) is 36.4 Å². The van der Waals surface area contributed by atoms with Crippen molar-refractivity contribution >= 4 is 42.5 Å². The Labute approximate surface area is 204 Å². The molecule has 0 aliphatic rings. The maximum atomic E-state index is 13.9. The Bertz CT molecular complexity index is 1820. The van der Waals surface area contributed by atoms with Crippen molar-refractivity contribution in [2.45, 2.75) is 11.3 Å². The van der Waals surface area contributed by atoms with Crippen molar-refractivity contribution in [2.75, 3.05) is 6.54 Å². The summed E-state index contributed by atoms with van der Waals surface area (Å²) in [7, 11) is -3.83. The molecule has 1 aromatic heterocycles. The van der Waals surface area contributed by atoms with Crippen molar-refractivity contribution in [3.63, 3.8) is 0 Å². The maximum Gasteiger partial charge on any atom is 0.268 e. The van der Waals surface area contributed by atoms with Crippen LogP contribution in [0.3, 0.4) is 0 Å². The number of nitrogens with two attached hydrogens (primary N) is 1. The van der Waals surface area contributed by atoms with E-state index in [1.54, 1.807) is 18.3 Å². The lowest BCUT2D eigenvalue weighted by Crippen LogP contribution is -2.12. The molecule has 35 heavy (non-hydrogen) atoms. The molecule has 0 saturated heterocycles. The molecule has 0 aliphatic carbocycles. The molecular formula is C30H24N2O2S. The molecule has 0 spiro atoms. The van der Waals surface area contributed by atoms with E-state index < -0.39 is 10.0 Å². The van der Waals surface area contributed by atoms with Gasteiger partial charge in [-0.25, -0.2) is 12.4 Å². The van der Waals surface area contributed by atoms with E-state index in [0.29, 0.717) is 28.8 Å². The first-order chi connectivity index (χ1) is 17.1. The maximum absolute atomic E-state index is 13.9. The van der Waals surface area contributed by atoms with Gasteiger partial charge in [0.15, 0.2) is 0 Å². The molecule has 2 N–H and O–H groups in total. The Morgan fingerprint density at radius 1 is 0.686 bits per heavy atom. The third-order valence-electron chi connectivity index (χ3n) is 6.65. The Balaban J connectivity index is 1.58. The van der Waals surface area contributed by atoms with Crippen LogP contribution in [0.4, 0.5) is 0 Å². The quantitative estimate of drug-likeness (QED) is 0.315. The number of hydrogen-bond acceptors (Lipinski definition) is 3. The Morgan fingerprint density at radius 3 is 2.11 bits per heavy atom. The number of fused-ring (bicyclic) bond motifs is 3. The Morgan fingerprint density at radius 2 is 1.34 bits per heavy atom. The summed E-state index contributed by atoms with van der Waals surface area (Å²) in [6.07, 6.45) is 2.33. The van der Waals surface area contributed by atoms with Crippen LogP contribution in [0.2, 0.25) is 0 Å². The van der Waals surface area contributed by atoms with Crippen molar-refractivity contribution in [3.8, 4) is 11.1 Å². The number of nitrogens with zero attached hydrogens (tertiary/aromatic N) is 1. The van der Waals surface area contributed by atoms with Gasteiger partial charge in [-0.1, -0.05) is 84.9 Å². The van der Waals surface area contributed by atoms with Gasteiger partial charge in [0.2, 0.25) is 0 Å². The zero-order chi connectivity index (χ0) is 24.0. The van der Waals surface area contributed by atoms with Gasteiger partial charge in [-0.05, 0) is 64.0 Å². The van der Waals surface area contributed by atoms with Crippen LogP contribution in [-0.4, -0.2) is 18.9 Å². The van der Waals surface area contributed by atoms with Gasteiger partial charge in [-0.3, -0.25) is 0 Å². The third-order valence-corrected chi connectivity index (χ3v) is 8.39. The first kappa shape index (κ1) is 21.6. The second kappa shape index (κ2) is 8.38. The van der Waals surface area contributed by atoms with Gasteiger partial charge in [0.25, 0.3) is 10.0 Å². The molecule has 0 aliphatic heterocycles. The fourth-order valence-electron chi connectivity index (χ4n) is 4.99. The molecule has 5 aromatic carbocycles. The standard InChI is InChI=1S/C30H24N2O2S/c31-18-17-24-20-32(35(33,34)30-14-6-10-22-8-2-4-12-27(22)30)29-16-15-23(19-28(24)29)26-13-5-9-21-7-1-3-11-25(21)26/h1-16,19-20H,17-18,31H2. The molecule has 0 amide bonds. The van der Waals surface area contributed by atoms with Crippen LogP contribution in [-0.2, 0) is 16.4 Å². The normalized spacial score (nSPS) is 12.0. The summed E-state index contributed by atoms with van der Waals surface area (Å²) in [5, 5.41) is 4.85. The molecular weight excluding hydrogens is 452 g/mol. The minimum absolute atomic E-state index is 0.296. The Hall–Kier alpha value is -3.93. The van der Waals surface area contributed by atoms with E-state index in [1.807, 2.05) is 54.6 Å². The number of rotatable bonds is 5.